The van der Waals surface area contributed by atoms with E-state index in [0.29, 0.717) is 11.5 Å². The van der Waals surface area contributed by atoms with E-state index in [0.717, 1.165) is 0 Å². The Morgan fingerprint density at radius 1 is 1.31 bits per heavy atom. The van der Waals surface area contributed by atoms with Crippen molar-refractivity contribution in [1.82, 2.24) is 0 Å². The monoisotopic (exact) mass is 186 g/mol. The highest BCUT2D eigenvalue weighted by atomic mass is 16.5. The molecule has 0 spiro atoms. The molecule has 2 N–H and O–H groups in total. The zero-order valence-electron chi connectivity index (χ0n) is 7.94. The molecule has 4 heteroatoms. The average Bonchev–Trinajstić information content (AvgIpc) is 2.09. The smallest absolute Gasteiger partial charge is 0.196 e. The van der Waals surface area contributed by atoms with Crippen LogP contribution in [0.2, 0.25) is 0 Å². The lowest BCUT2D eigenvalue weighted by molar-refractivity contribution is -0.157. The van der Waals surface area contributed by atoms with E-state index in [-0.39, 0.29) is 0 Å². The van der Waals surface area contributed by atoms with Gasteiger partial charge >= 0.3 is 0 Å². The molecule has 0 saturated carbocycles. The topological polar surface area (TPSA) is 58.9 Å². The maximum absolute atomic E-state index is 9.52. The van der Waals surface area contributed by atoms with Crippen molar-refractivity contribution < 1.29 is 19.7 Å². The van der Waals surface area contributed by atoms with Crippen molar-refractivity contribution in [2.45, 2.75) is 12.7 Å². The van der Waals surface area contributed by atoms with E-state index in [1.807, 2.05) is 0 Å². The Labute approximate surface area is 77.1 Å². The zero-order chi connectivity index (χ0) is 10.1. The van der Waals surface area contributed by atoms with E-state index in [1.54, 1.807) is 13.0 Å². The van der Waals surface area contributed by atoms with Crippen LogP contribution in [0.5, 0.6) is 0 Å². The minimum absolute atomic E-state index is 0.389. The molecular formula is C9H14O4. The molecular weight excluding hydrogens is 172 g/mol. The molecule has 0 fully saturated rings. The molecule has 0 radical (unpaired) electrons. The Bertz CT molecular complexity index is 252. The summed E-state index contributed by atoms with van der Waals surface area (Å²) in [6.45, 7) is 1.66. The lowest BCUT2D eigenvalue weighted by atomic mass is 9.93. The Hall–Kier alpha value is -1.00. The van der Waals surface area contributed by atoms with Gasteiger partial charge in [0.2, 0.25) is 0 Å². The first-order valence-corrected chi connectivity index (χ1v) is 3.98. The number of ether oxygens (including phenoxy) is 2. The van der Waals surface area contributed by atoms with Crippen LogP contribution < -0.4 is 0 Å². The molecule has 0 aromatic carbocycles. The summed E-state index contributed by atoms with van der Waals surface area (Å²) in [7, 11) is 2.94. The van der Waals surface area contributed by atoms with Crippen LogP contribution in [0.3, 0.4) is 0 Å². The maximum Gasteiger partial charge on any atom is 0.196 e. The summed E-state index contributed by atoms with van der Waals surface area (Å²) in [6, 6.07) is 0. The summed E-state index contributed by atoms with van der Waals surface area (Å²) in [4.78, 5) is 0. The second kappa shape index (κ2) is 3.40. The van der Waals surface area contributed by atoms with Gasteiger partial charge in [0.05, 0.1) is 20.1 Å². The van der Waals surface area contributed by atoms with E-state index in [1.165, 1.54) is 20.3 Å². The molecule has 13 heavy (non-hydrogen) atoms. The number of rotatable bonds is 2. The molecule has 1 rings (SSSR count). The highest BCUT2D eigenvalue weighted by Crippen LogP contribution is 2.30. The fraction of sp³-hybridized carbons (Fsp3) is 0.556. The molecule has 0 amide bonds. The van der Waals surface area contributed by atoms with Gasteiger partial charge in [0.25, 0.3) is 0 Å². The second-order valence-corrected chi connectivity index (χ2v) is 3.01. The van der Waals surface area contributed by atoms with E-state index >= 15 is 0 Å². The SMILES string of the molecule is COC1=CC(O)(O)C(C)C(OC)=C1. The first kappa shape index (κ1) is 10.1. The maximum atomic E-state index is 9.52. The molecule has 4 nitrogen and oxygen atoms in total. The van der Waals surface area contributed by atoms with Crippen molar-refractivity contribution in [3.63, 3.8) is 0 Å². The molecule has 1 aliphatic carbocycles. The number of allylic oxidation sites excluding steroid dienone is 1. The van der Waals surface area contributed by atoms with Crippen molar-refractivity contribution in [3.8, 4) is 0 Å². The van der Waals surface area contributed by atoms with Gasteiger partial charge in [0, 0.05) is 12.2 Å². The molecule has 0 heterocycles. The highest BCUT2D eigenvalue weighted by molar-refractivity contribution is 5.27. The van der Waals surface area contributed by atoms with Gasteiger partial charge in [-0.3, -0.25) is 0 Å². The summed E-state index contributed by atoms with van der Waals surface area (Å²) in [6.07, 6.45) is 2.88. The molecule has 1 unspecified atom stereocenters. The summed E-state index contributed by atoms with van der Waals surface area (Å²) in [5, 5.41) is 19.0. The number of aliphatic hydroxyl groups is 2. The summed E-state index contributed by atoms with van der Waals surface area (Å²) < 4.78 is 9.88. The minimum Gasteiger partial charge on any atom is -0.500 e. The highest BCUT2D eigenvalue weighted by Gasteiger charge is 2.36. The Kier molecular flexibility index (Phi) is 2.63. The van der Waals surface area contributed by atoms with Crippen LogP contribution in [0.25, 0.3) is 0 Å². The predicted molar refractivity (Wildman–Crippen MR) is 46.5 cm³/mol. The predicted octanol–water partition coefficient (Wildman–Crippen LogP) is 0.378. The lowest BCUT2D eigenvalue weighted by Gasteiger charge is -2.30. The fourth-order valence-corrected chi connectivity index (χ4v) is 1.20. The Morgan fingerprint density at radius 2 is 1.92 bits per heavy atom. The number of hydrogen-bond donors (Lipinski definition) is 2. The molecule has 74 valence electrons. The van der Waals surface area contributed by atoms with Gasteiger partial charge in [-0.15, -0.1) is 0 Å². The molecule has 0 aromatic heterocycles. The molecule has 0 aromatic rings. The third-order valence-electron chi connectivity index (χ3n) is 2.17. The van der Waals surface area contributed by atoms with Crippen LogP contribution in [0.4, 0.5) is 0 Å². The van der Waals surface area contributed by atoms with Gasteiger partial charge in [-0.2, -0.15) is 0 Å². The van der Waals surface area contributed by atoms with E-state index < -0.39 is 11.7 Å². The second-order valence-electron chi connectivity index (χ2n) is 3.01. The average molecular weight is 186 g/mol. The van der Waals surface area contributed by atoms with E-state index in [2.05, 4.69) is 0 Å². The van der Waals surface area contributed by atoms with Gasteiger partial charge in [-0.25, -0.2) is 0 Å². The first-order valence-electron chi connectivity index (χ1n) is 3.98. The normalized spacial score (nSPS) is 26.1. The van der Waals surface area contributed by atoms with Crippen molar-refractivity contribution >= 4 is 0 Å². The van der Waals surface area contributed by atoms with Crippen LogP contribution in [0.15, 0.2) is 23.7 Å². The zero-order valence-corrected chi connectivity index (χ0v) is 7.94. The van der Waals surface area contributed by atoms with Gasteiger partial charge in [0.1, 0.15) is 11.5 Å². The van der Waals surface area contributed by atoms with Crippen molar-refractivity contribution in [1.29, 1.82) is 0 Å². The summed E-state index contributed by atoms with van der Waals surface area (Å²) >= 11 is 0. The van der Waals surface area contributed by atoms with Crippen LogP contribution in [-0.4, -0.2) is 30.2 Å². The summed E-state index contributed by atoms with van der Waals surface area (Å²) in [5.41, 5.74) is 0. The third kappa shape index (κ3) is 1.84. The Morgan fingerprint density at radius 3 is 2.38 bits per heavy atom. The fourth-order valence-electron chi connectivity index (χ4n) is 1.20. The standard InChI is InChI=1S/C9H14O4/c1-6-8(13-3)4-7(12-2)5-9(6,10)11/h4-6,10-11H,1-3H3. The summed E-state index contributed by atoms with van der Waals surface area (Å²) in [5.74, 6) is -1.51. The molecule has 0 saturated heterocycles. The third-order valence-corrected chi connectivity index (χ3v) is 2.17. The molecule has 1 aliphatic rings. The molecule has 0 bridgehead atoms. The van der Waals surface area contributed by atoms with E-state index in [4.69, 9.17) is 9.47 Å². The Balaban J connectivity index is 3.00. The quantitative estimate of drug-likeness (QED) is 0.612. The van der Waals surface area contributed by atoms with E-state index in [9.17, 15) is 10.2 Å². The van der Waals surface area contributed by atoms with Crippen LogP contribution in [0, 0.1) is 5.92 Å². The van der Waals surface area contributed by atoms with Gasteiger partial charge in [-0.1, -0.05) is 0 Å². The van der Waals surface area contributed by atoms with Gasteiger partial charge in [-0.05, 0) is 6.92 Å². The number of methoxy groups -OCH3 is 2. The van der Waals surface area contributed by atoms with Crippen LogP contribution >= 0.6 is 0 Å². The van der Waals surface area contributed by atoms with Crippen LogP contribution in [-0.2, 0) is 9.47 Å². The van der Waals surface area contributed by atoms with Gasteiger partial charge in [0.15, 0.2) is 5.79 Å². The van der Waals surface area contributed by atoms with Crippen LogP contribution in [0.1, 0.15) is 6.92 Å². The lowest BCUT2D eigenvalue weighted by Crippen LogP contribution is -2.37. The minimum atomic E-state index is -1.90. The van der Waals surface area contributed by atoms with Gasteiger partial charge < -0.3 is 19.7 Å². The van der Waals surface area contributed by atoms with Crippen molar-refractivity contribution in [2.75, 3.05) is 14.2 Å². The largest absolute Gasteiger partial charge is 0.500 e. The molecule has 0 aliphatic heterocycles. The first-order chi connectivity index (χ1) is 6.01. The van der Waals surface area contributed by atoms with Crippen molar-refractivity contribution in [3.05, 3.63) is 23.7 Å². The number of hydrogen-bond acceptors (Lipinski definition) is 4. The molecule has 1 atom stereocenters. The van der Waals surface area contributed by atoms with Crippen molar-refractivity contribution in [2.24, 2.45) is 5.92 Å².